The second kappa shape index (κ2) is 10.7. The average Bonchev–Trinajstić information content (AvgIpc) is 3.47. The van der Waals surface area contributed by atoms with E-state index in [1.165, 1.54) is 5.56 Å². The molecule has 5 aromatic rings. The predicted octanol–water partition coefficient (Wildman–Crippen LogP) is 6.23. The Morgan fingerprint density at radius 3 is 2.45 bits per heavy atom. The van der Waals surface area contributed by atoms with Gasteiger partial charge in [0.2, 0.25) is 5.91 Å². The lowest BCUT2D eigenvalue weighted by molar-refractivity contribution is -0.120. The monoisotopic (exact) mass is 508 g/mol. The Hall–Kier alpha value is -4.16. The van der Waals surface area contributed by atoms with E-state index in [2.05, 4.69) is 42.5 Å². The number of hydrogen-bond acceptors (Lipinski definition) is 5. The summed E-state index contributed by atoms with van der Waals surface area (Å²) in [5.41, 5.74) is 7.61. The van der Waals surface area contributed by atoms with E-state index in [-0.39, 0.29) is 30.9 Å². The van der Waals surface area contributed by atoms with E-state index in [4.69, 9.17) is 8.94 Å². The zero-order valence-corrected chi connectivity index (χ0v) is 22.1. The van der Waals surface area contributed by atoms with Crippen LogP contribution in [0.3, 0.4) is 0 Å². The highest BCUT2D eigenvalue weighted by Gasteiger charge is 2.25. The number of aromatic nitrogens is 1. The molecule has 5 rings (SSSR count). The van der Waals surface area contributed by atoms with E-state index in [0.29, 0.717) is 17.1 Å². The normalized spacial score (nSPS) is 13.0. The summed E-state index contributed by atoms with van der Waals surface area (Å²) in [4.78, 5) is 13.3. The standard InChI is InChI=1S/C32H32N2O4/c1-19-10-12-26(20(2)14-19)32(24-8-6-5-7-9-24)33-30(36)16-23-11-13-28-25(15-23)17-29(37-28)27(18-35)31-21(3)34-38-22(31)4/h5-15,17,27,32,35H,16,18H2,1-4H3,(H,33,36)/t27?,32-/m0/s1. The summed E-state index contributed by atoms with van der Waals surface area (Å²) < 4.78 is 11.4. The number of carbonyl (C=O) groups is 1. The smallest absolute Gasteiger partial charge is 0.225 e. The largest absolute Gasteiger partial charge is 0.460 e. The fourth-order valence-corrected chi connectivity index (χ4v) is 5.24. The molecule has 3 aromatic carbocycles. The van der Waals surface area contributed by atoms with Crippen molar-refractivity contribution in [3.05, 3.63) is 123 Å². The van der Waals surface area contributed by atoms with Gasteiger partial charge in [-0.05, 0) is 68.1 Å². The summed E-state index contributed by atoms with van der Waals surface area (Å²) >= 11 is 0. The van der Waals surface area contributed by atoms with E-state index in [1.807, 2.05) is 68.4 Å². The third-order valence-electron chi connectivity index (χ3n) is 7.10. The average molecular weight is 509 g/mol. The van der Waals surface area contributed by atoms with Gasteiger partial charge in [0, 0.05) is 10.9 Å². The third-order valence-corrected chi connectivity index (χ3v) is 7.10. The quantitative estimate of drug-likeness (QED) is 0.260. The number of nitrogens with zero attached hydrogens (tertiary/aromatic N) is 1. The van der Waals surface area contributed by atoms with Gasteiger partial charge in [-0.15, -0.1) is 0 Å². The maximum Gasteiger partial charge on any atom is 0.225 e. The van der Waals surface area contributed by atoms with Gasteiger partial charge in [-0.1, -0.05) is 65.3 Å². The lowest BCUT2D eigenvalue weighted by atomic mass is 9.93. The van der Waals surface area contributed by atoms with Crippen LogP contribution in [0.5, 0.6) is 0 Å². The minimum Gasteiger partial charge on any atom is -0.460 e. The van der Waals surface area contributed by atoms with Gasteiger partial charge in [0.1, 0.15) is 17.1 Å². The number of benzene rings is 3. The number of nitrogens with one attached hydrogen (secondary N) is 1. The van der Waals surface area contributed by atoms with Crippen molar-refractivity contribution >= 4 is 16.9 Å². The molecule has 2 aromatic heterocycles. The van der Waals surface area contributed by atoms with Crippen LogP contribution < -0.4 is 5.32 Å². The Bertz CT molecular complexity index is 1560. The number of aliphatic hydroxyl groups excluding tert-OH is 1. The zero-order valence-electron chi connectivity index (χ0n) is 22.1. The number of fused-ring (bicyclic) bond motifs is 1. The molecule has 0 aliphatic carbocycles. The van der Waals surface area contributed by atoms with Crippen LogP contribution in [0, 0.1) is 27.7 Å². The maximum absolute atomic E-state index is 13.3. The molecule has 0 fully saturated rings. The van der Waals surface area contributed by atoms with Gasteiger partial charge < -0.3 is 19.4 Å². The lowest BCUT2D eigenvalue weighted by Crippen LogP contribution is -2.31. The fourth-order valence-electron chi connectivity index (χ4n) is 5.24. The Morgan fingerprint density at radius 2 is 1.76 bits per heavy atom. The summed E-state index contributed by atoms with van der Waals surface area (Å²) in [6.45, 7) is 7.71. The van der Waals surface area contributed by atoms with Gasteiger partial charge >= 0.3 is 0 Å². The lowest BCUT2D eigenvalue weighted by Gasteiger charge is -2.22. The molecule has 0 saturated carbocycles. The van der Waals surface area contributed by atoms with Crippen LogP contribution >= 0.6 is 0 Å². The molecule has 0 aliphatic rings. The molecule has 0 spiro atoms. The second-order valence-electron chi connectivity index (χ2n) is 9.94. The molecule has 0 bridgehead atoms. The molecule has 6 nitrogen and oxygen atoms in total. The zero-order chi connectivity index (χ0) is 26.8. The number of aryl methyl sites for hydroxylation is 4. The predicted molar refractivity (Wildman–Crippen MR) is 147 cm³/mol. The first-order chi connectivity index (χ1) is 18.3. The molecule has 1 unspecified atom stereocenters. The Labute approximate surface area is 222 Å². The van der Waals surface area contributed by atoms with E-state index < -0.39 is 0 Å². The Morgan fingerprint density at radius 1 is 0.974 bits per heavy atom. The van der Waals surface area contributed by atoms with Crippen molar-refractivity contribution < 1.29 is 18.8 Å². The molecule has 6 heteroatoms. The van der Waals surface area contributed by atoms with Crippen molar-refractivity contribution in [3.8, 4) is 0 Å². The van der Waals surface area contributed by atoms with Crippen molar-refractivity contribution in [2.45, 2.75) is 46.1 Å². The van der Waals surface area contributed by atoms with Crippen LogP contribution in [-0.2, 0) is 11.2 Å². The molecule has 0 radical (unpaired) electrons. The minimum atomic E-state index is -0.371. The van der Waals surface area contributed by atoms with Crippen molar-refractivity contribution in [2.24, 2.45) is 0 Å². The topological polar surface area (TPSA) is 88.5 Å². The summed E-state index contributed by atoms with van der Waals surface area (Å²) in [5.74, 6) is 0.865. The minimum absolute atomic E-state index is 0.0640. The number of hydrogen-bond donors (Lipinski definition) is 2. The summed E-state index contributed by atoms with van der Waals surface area (Å²) in [5, 5.41) is 18.3. The number of amides is 1. The number of aliphatic hydroxyl groups is 1. The molecular weight excluding hydrogens is 476 g/mol. The SMILES string of the molecule is Cc1ccc([C@@H](NC(=O)Cc2ccc3oc(C(CO)c4c(C)noc4C)cc3c2)c2ccccc2)c(C)c1. The van der Waals surface area contributed by atoms with Gasteiger partial charge in [-0.2, -0.15) is 0 Å². The van der Waals surface area contributed by atoms with Crippen molar-refractivity contribution in [1.82, 2.24) is 10.5 Å². The van der Waals surface area contributed by atoms with Crippen LogP contribution in [0.2, 0.25) is 0 Å². The van der Waals surface area contributed by atoms with Crippen molar-refractivity contribution in [1.29, 1.82) is 0 Å². The van der Waals surface area contributed by atoms with Crippen LogP contribution in [0.1, 0.15) is 62.6 Å². The van der Waals surface area contributed by atoms with Gasteiger partial charge in [0.05, 0.1) is 30.7 Å². The highest BCUT2D eigenvalue weighted by atomic mass is 16.5. The van der Waals surface area contributed by atoms with E-state index in [1.54, 1.807) is 0 Å². The van der Waals surface area contributed by atoms with Crippen LogP contribution in [-0.4, -0.2) is 22.8 Å². The molecule has 38 heavy (non-hydrogen) atoms. The Balaban J connectivity index is 1.39. The van der Waals surface area contributed by atoms with Crippen LogP contribution in [0.4, 0.5) is 0 Å². The first kappa shape index (κ1) is 25.5. The molecule has 0 aliphatic heterocycles. The highest BCUT2D eigenvalue weighted by molar-refractivity contribution is 5.83. The molecule has 1 amide bonds. The molecule has 0 saturated heterocycles. The van der Waals surface area contributed by atoms with Crippen molar-refractivity contribution in [2.75, 3.05) is 6.61 Å². The molecule has 2 N–H and O–H groups in total. The van der Waals surface area contributed by atoms with E-state index in [0.717, 1.165) is 38.9 Å². The molecule has 2 atom stereocenters. The number of furan rings is 1. The third kappa shape index (κ3) is 5.13. The molecular formula is C32H32N2O4. The number of carbonyl (C=O) groups excluding carboxylic acids is 1. The van der Waals surface area contributed by atoms with Crippen molar-refractivity contribution in [3.63, 3.8) is 0 Å². The summed E-state index contributed by atoms with van der Waals surface area (Å²) in [7, 11) is 0. The maximum atomic E-state index is 13.3. The second-order valence-corrected chi connectivity index (χ2v) is 9.94. The molecule has 194 valence electrons. The fraction of sp³-hybridized carbons (Fsp3) is 0.250. The van der Waals surface area contributed by atoms with E-state index in [9.17, 15) is 9.90 Å². The summed E-state index contributed by atoms with van der Waals surface area (Å²) in [6, 6.07) is 23.8. The van der Waals surface area contributed by atoms with Gasteiger partial charge in [0.25, 0.3) is 0 Å². The van der Waals surface area contributed by atoms with Crippen LogP contribution in [0.25, 0.3) is 11.0 Å². The highest BCUT2D eigenvalue weighted by Crippen LogP contribution is 2.33. The molecule has 2 heterocycles. The van der Waals surface area contributed by atoms with Crippen LogP contribution in [0.15, 0.2) is 81.7 Å². The summed E-state index contributed by atoms with van der Waals surface area (Å²) in [6.07, 6.45) is 0.234. The van der Waals surface area contributed by atoms with Gasteiger partial charge in [-0.3, -0.25) is 4.79 Å². The van der Waals surface area contributed by atoms with Gasteiger partial charge in [-0.25, -0.2) is 0 Å². The van der Waals surface area contributed by atoms with Gasteiger partial charge in [0.15, 0.2) is 0 Å². The first-order valence-electron chi connectivity index (χ1n) is 12.8. The Kier molecular flexibility index (Phi) is 7.16. The number of rotatable bonds is 8. The van der Waals surface area contributed by atoms with E-state index >= 15 is 0 Å². The first-order valence-corrected chi connectivity index (χ1v) is 12.8.